The number of hydrogen-bond acceptors (Lipinski definition) is 3. The van der Waals surface area contributed by atoms with Gasteiger partial charge in [-0.15, -0.1) is 0 Å². The Bertz CT molecular complexity index is 620. The monoisotopic (exact) mass is 344 g/mol. The largest absolute Gasteiger partial charge is 0.386 e. The smallest absolute Gasteiger partial charge is 0.129 e. The van der Waals surface area contributed by atoms with Gasteiger partial charge < -0.3 is 14.6 Å². The van der Waals surface area contributed by atoms with Crippen LogP contribution in [0.15, 0.2) is 60.7 Å². The zero-order valence-electron chi connectivity index (χ0n) is 14.3. The van der Waals surface area contributed by atoms with Crippen molar-refractivity contribution in [3.63, 3.8) is 0 Å². The Morgan fingerprint density at radius 3 is 2.32 bits per heavy atom. The number of halogens is 1. The van der Waals surface area contributed by atoms with Gasteiger partial charge in [-0.3, -0.25) is 0 Å². The topological polar surface area (TPSA) is 38.7 Å². The molecule has 0 saturated heterocycles. The van der Waals surface area contributed by atoms with E-state index in [1.54, 1.807) is 0 Å². The summed E-state index contributed by atoms with van der Waals surface area (Å²) in [4.78, 5) is 0. The van der Waals surface area contributed by atoms with Crippen molar-refractivity contribution in [2.75, 3.05) is 6.61 Å². The van der Waals surface area contributed by atoms with Gasteiger partial charge in [-0.25, -0.2) is 4.39 Å². The Balaban J connectivity index is 1.41. The summed E-state index contributed by atoms with van der Waals surface area (Å²) < 4.78 is 25.9. The van der Waals surface area contributed by atoms with E-state index in [1.165, 1.54) is 0 Å². The van der Waals surface area contributed by atoms with Crippen molar-refractivity contribution < 1.29 is 19.0 Å². The van der Waals surface area contributed by atoms with Gasteiger partial charge in [0.25, 0.3) is 0 Å². The van der Waals surface area contributed by atoms with Gasteiger partial charge in [0, 0.05) is 6.42 Å². The van der Waals surface area contributed by atoms with Gasteiger partial charge in [0.15, 0.2) is 0 Å². The van der Waals surface area contributed by atoms with E-state index in [9.17, 15) is 9.50 Å². The summed E-state index contributed by atoms with van der Waals surface area (Å²) in [6, 6.07) is 19.2. The second kappa shape index (κ2) is 9.09. The molecule has 3 nitrogen and oxygen atoms in total. The second-order valence-electron chi connectivity index (χ2n) is 6.55. The zero-order valence-corrected chi connectivity index (χ0v) is 14.3. The summed E-state index contributed by atoms with van der Waals surface area (Å²) in [5, 5.41) is 10.1. The lowest BCUT2D eigenvalue weighted by molar-refractivity contribution is -0.0937. The number of aliphatic hydroxyl groups excluding tert-OH is 1. The summed E-state index contributed by atoms with van der Waals surface area (Å²) in [6.07, 6.45) is -0.581. The minimum absolute atomic E-state index is 0.0749. The number of hydrogen-bond donors (Lipinski definition) is 1. The Kier molecular flexibility index (Phi) is 6.56. The first-order chi connectivity index (χ1) is 12.2. The number of ether oxygens (including phenoxy) is 2. The van der Waals surface area contributed by atoms with Crippen LogP contribution in [0.2, 0.25) is 0 Å². The van der Waals surface area contributed by atoms with E-state index in [1.807, 2.05) is 60.7 Å². The molecule has 0 radical (unpaired) electrons. The summed E-state index contributed by atoms with van der Waals surface area (Å²) in [5.41, 5.74) is 1.89. The van der Waals surface area contributed by atoms with Gasteiger partial charge >= 0.3 is 0 Å². The highest BCUT2D eigenvalue weighted by Crippen LogP contribution is 2.28. The van der Waals surface area contributed by atoms with Crippen LogP contribution in [0.5, 0.6) is 0 Å². The highest BCUT2D eigenvalue weighted by atomic mass is 19.1. The molecule has 25 heavy (non-hydrogen) atoms. The molecule has 1 aliphatic rings. The van der Waals surface area contributed by atoms with E-state index in [2.05, 4.69) is 0 Å². The molecule has 0 aromatic heterocycles. The molecule has 0 bridgehead atoms. The SMILES string of the molecule is OC(COC1CCC(OCc2ccccc2)CC1F)c1ccccc1. The third kappa shape index (κ3) is 5.36. The Labute approximate surface area is 148 Å². The molecule has 134 valence electrons. The summed E-state index contributed by atoms with van der Waals surface area (Å²) >= 11 is 0. The minimum atomic E-state index is -1.06. The molecule has 1 N–H and O–H groups in total. The molecular formula is C21H25FO3. The third-order valence-corrected chi connectivity index (χ3v) is 4.65. The normalized spacial score (nSPS) is 24.8. The Morgan fingerprint density at radius 1 is 0.960 bits per heavy atom. The Hall–Kier alpha value is -1.75. The van der Waals surface area contributed by atoms with Crippen molar-refractivity contribution in [2.24, 2.45) is 0 Å². The van der Waals surface area contributed by atoms with Crippen LogP contribution in [-0.2, 0) is 16.1 Å². The van der Waals surface area contributed by atoms with E-state index >= 15 is 0 Å². The van der Waals surface area contributed by atoms with Crippen molar-refractivity contribution in [3.05, 3.63) is 71.8 Å². The molecule has 0 spiro atoms. The fraction of sp³-hybridized carbons (Fsp3) is 0.429. The second-order valence-corrected chi connectivity index (χ2v) is 6.55. The average molecular weight is 344 g/mol. The molecule has 2 aromatic carbocycles. The molecule has 1 fully saturated rings. The highest BCUT2D eigenvalue weighted by Gasteiger charge is 2.32. The van der Waals surface area contributed by atoms with E-state index in [4.69, 9.17) is 9.47 Å². The van der Waals surface area contributed by atoms with Crippen LogP contribution in [0.1, 0.15) is 36.5 Å². The molecule has 4 atom stereocenters. The maximum absolute atomic E-state index is 14.4. The average Bonchev–Trinajstić information content (AvgIpc) is 2.67. The van der Waals surface area contributed by atoms with Crippen LogP contribution in [0.4, 0.5) is 4.39 Å². The Morgan fingerprint density at radius 2 is 1.64 bits per heavy atom. The van der Waals surface area contributed by atoms with Gasteiger partial charge in [-0.2, -0.15) is 0 Å². The van der Waals surface area contributed by atoms with Crippen molar-refractivity contribution in [2.45, 2.75) is 50.4 Å². The van der Waals surface area contributed by atoms with Crippen LogP contribution < -0.4 is 0 Å². The molecule has 3 rings (SSSR count). The number of aliphatic hydroxyl groups is 1. The van der Waals surface area contributed by atoms with Crippen molar-refractivity contribution in [3.8, 4) is 0 Å². The molecule has 1 aliphatic carbocycles. The lowest BCUT2D eigenvalue weighted by atomic mass is 9.93. The van der Waals surface area contributed by atoms with Gasteiger partial charge in [-0.1, -0.05) is 60.7 Å². The first-order valence-corrected chi connectivity index (χ1v) is 8.86. The molecule has 1 saturated carbocycles. The predicted molar refractivity (Wildman–Crippen MR) is 94.9 cm³/mol. The van der Waals surface area contributed by atoms with Crippen LogP contribution in [0.3, 0.4) is 0 Å². The fourth-order valence-electron chi connectivity index (χ4n) is 3.17. The van der Waals surface area contributed by atoms with Crippen molar-refractivity contribution in [1.29, 1.82) is 0 Å². The summed E-state index contributed by atoms with van der Waals surface area (Å²) in [7, 11) is 0. The molecule has 4 heteroatoms. The standard InChI is InChI=1S/C21H25FO3/c22-19-13-18(24-14-16-7-3-1-4-8-16)11-12-21(19)25-15-20(23)17-9-5-2-6-10-17/h1-10,18-21,23H,11-15H2. The van der Waals surface area contributed by atoms with E-state index in [-0.39, 0.29) is 12.7 Å². The predicted octanol–water partition coefficient (Wildman–Crippen LogP) is 4.21. The van der Waals surface area contributed by atoms with E-state index in [0.717, 1.165) is 17.5 Å². The quantitative estimate of drug-likeness (QED) is 0.818. The zero-order chi connectivity index (χ0) is 17.5. The van der Waals surface area contributed by atoms with E-state index in [0.29, 0.717) is 19.4 Å². The summed E-state index contributed by atoms with van der Waals surface area (Å²) in [6.45, 7) is 0.626. The molecule has 0 amide bonds. The molecule has 0 heterocycles. The molecule has 2 aromatic rings. The van der Waals surface area contributed by atoms with Crippen molar-refractivity contribution >= 4 is 0 Å². The fourth-order valence-corrected chi connectivity index (χ4v) is 3.17. The maximum atomic E-state index is 14.4. The van der Waals surface area contributed by atoms with Crippen LogP contribution in [0.25, 0.3) is 0 Å². The molecule has 0 aliphatic heterocycles. The molecular weight excluding hydrogens is 319 g/mol. The number of benzene rings is 2. The number of alkyl halides is 1. The van der Waals surface area contributed by atoms with Crippen LogP contribution >= 0.6 is 0 Å². The first kappa shape index (κ1) is 18.1. The van der Waals surface area contributed by atoms with Gasteiger partial charge in [0.05, 0.1) is 25.4 Å². The van der Waals surface area contributed by atoms with Crippen LogP contribution in [0, 0.1) is 0 Å². The van der Waals surface area contributed by atoms with Crippen LogP contribution in [-0.4, -0.2) is 30.1 Å². The van der Waals surface area contributed by atoms with Gasteiger partial charge in [-0.05, 0) is 24.0 Å². The third-order valence-electron chi connectivity index (χ3n) is 4.65. The highest BCUT2D eigenvalue weighted by molar-refractivity contribution is 5.17. The number of rotatable bonds is 7. The summed E-state index contributed by atoms with van der Waals surface area (Å²) in [5.74, 6) is 0. The molecule has 4 unspecified atom stereocenters. The lowest BCUT2D eigenvalue weighted by Gasteiger charge is -2.32. The van der Waals surface area contributed by atoms with E-state index < -0.39 is 18.4 Å². The van der Waals surface area contributed by atoms with Crippen molar-refractivity contribution in [1.82, 2.24) is 0 Å². The van der Waals surface area contributed by atoms with Gasteiger partial charge in [0.1, 0.15) is 12.3 Å². The maximum Gasteiger partial charge on any atom is 0.129 e. The lowest BCUT2D eigenvalue weighted by Crippen LogP contribution is -2.37. The first-order valence-electron chi connectivity index (χ1n) is 8.86. The minimum Gasteiger partial charge on any atom is -0.386 e. The van der Waals surface area contributed by atoms with Gasteiger partial charge in [0.2, 0.25) is 0 Å².